The minimum Gasteiger partial charge on any atom is -0.354 e. The molecule has 1 amide bonds. The molecule has 4 nitrogen and oxygen atoms in total. The van der Waals surface area contributed by atoms with Crippen LogP contribution in [0.3, 0.4) is 0 Å². The summed E-state index contributed by atoms with van der Waals surface area (Å²) in [6.07, 6.45) is 6.89. The highest BCUT2D eigenvalue weighted by molar-refractivity contribution is 5.78. The van der Waals surface area contributed by atoms with E-state index in [1.807, 2.05) is 0 Å². The first-order valence-corrected chi connectivity index (χ1v) is 7.96. The van der Waals surface area contributed by atoms with Crippen molar-refractivity contribution in [2.24, 2.45) is 17.6 Å². The Morgan fingerprint density at radius 2 is 2.16 bits per heavy atom. The SMILES string of the molecule is CCN1CCCC1CNC(=O)C1CCCC(CN)C1. The first-order valence-electron chi connectivity index (χ1n) is 7.96. The zero-order valence-corrected chi connectivity index (χ0v) is 12.2. The van der Waals surface area contributed by atoms with Crippen molar-refractivity contribution in [2.75, 3.05) is 26.2 Å². The number of carbonyl (C=O) groups is 1. The summed E-state index contributed by atoms with van der Waals surface area (Å²) in [6.45, 7) is 6.05. The second kappa shape index (κ2) is 7.25. The fraction of sp³-hybridized carbons (Fsp3) is 0.933. The Balaban J connectivity index is 1.74. The molecule has 0 aromatic carbocycles. The maximum absolute atomic E-state index is 12.2. The molecule has 3 unspecified atom stereocenters. The molecule has 1 heterocycles. The number of amides is 1. The minimum atomic E-state index is 0.207. The quantitative estimate of drug-likeness (QED) is 0.790. The van der Waals surface area contributed by atoms with Crippen molar-refractivity contribution in [3.05, 3.63) is 0 Å². The largest absolute Gasteiger partial charge is 0.354 e. The van der Waals surface area contributed by atoms with Crippen LogP contribution in [0.4, 0.5) is 0 Å². The molecule has 1 aliphatic heterocycles. The highest BCUT2D eigenvalue weighted by Gasteiger charge is 2.28. The van der Waals surface area contributed by atoms with E-state index >= 15 is 0 Å². The maximum Gasteiger partial charge on any atom is 0.223 e. The topological polar surface area (TPSA) is 58.4 Å². The van der Waals surface area contributed by atoms with Gasteiger partial charge >= 0.3 is 0 Å². The Morgan fingerprint density at radius 1 is 1.32 bits per heavy atom. The molecule has 0 aromatic rings. The van der Waals surface area contributed by atoms with Gasteiger partial charge in [0.05, 0.1) is 0 Å². The zero-order chi connectivity index (χ0) is 13.7. The predicted molar refractivity (Wildman–Crippen MR) is 77.8 cm³/mol. The van der Waals surface area contributed by atoms with Gasteiger partial charge in [-0.25, -0.2) is 0 Å². The number of carbonyl (C=O) groups excluding carboxylic acids is 1. The van der Waals surface area contributed by atoms with Crippen LogP contribution in [0.5, 0.6) is 0 Å². The number of hydrogen-bond acceptors (Lipinski definition) is 3. The van der Waals surface area contributed by atoms with Gasteiger partial charge in [-0.1, -0.05) is 13.3 Å². The molecule has 0 bridgehead atoms. The van der Waals surface area contributed by atoms with Crippen LogP contribution in [0.2, 0.25) is 0 Å². The van der Waals surface area contributed by atoms with E-state index in [1.165, 1.54) is 25.8 Å². The van der Waals surface area contributed by atoms with Crippen LogP contribution in [0.15, 0.2) is 0 Å². The van der Waals surface area contributed by atoms with Gasteiger partial charge in [0, 0.05) is 18.5 Å². The smallest absolute Gasteiger partial charge is 0.223 e. The molecular weight excluding hydrogens is 238 g/mol. The number of hydrogen-bond donors (Lipinski definition) is 2. The van der Waals surface area contributed by atoms with E-state index in [0.717, 1.165) is 38.9 Å². The van der Waals surface area contributed by atoms with E-state index in [-0.39, 0.29) is 11.8 Å². The number of nitrogens with one attached hydrogen (secondary N) is 1. The van der Waals surface area contributed by atoms with Crippen LogP contribution in [0.1, 0.15) is 45.4 Å². The average molecular weight is 267 g/mol. The van der Waals surface area contributed by atoms with Crippen LogP contribution in [-0.4, -0.2) is 43.0 Å². The summed E-state index contributed by atoms with van der Waals surface area (Å²) in [5, 5.41) is 3.18. The third kappa shape index (κ3) is 3.93. The van der Waals surface area contributed by atoms with E-state index in [9.17, 15) is 4.79 Å². The summed E-state index contributed by atoms with van der Waals surface area (Å²) in [7, 11) is 0. The van der Waals surface area contributed by atoms with Gasteiger partial charge in [-0.05, 0) is 57.7 Å². The fourth-order valence-corrected chi connectivity index (χ4v) is 3.65. The molecule has 2 aliphatic rings. The van der Waals surface area contributed by atoms with E-state index in [2.05, 4.69) is 17.1 Å². The van der Waals surface area contributed by atoms with Crippen LogP contribution in [0, 0.1) is 11.8 Å². The monoisotopic (exact) mass is 267 g/mol. The van der Waals surface area contributed by atoms with Crippen LogP contribution >= 0.6 is 0 Å². The highest BCUT2D eigenvalue weighted by atomic mass is 16.1. The minimum absolute atomic E-state index is 0.207. The number of likely N-dealkylation sites (N-methyl/N-ethyl adjacent to an activating group) is 1. The van der Waals surface area contributed by atoms with Crippen molar-refractivity contribution in [3.8, 4) is 0 Å². The van der Waals surface area contributed by atoms with E-state index in [4.69, 9.17) is 5.73 Å². The first-order chi connectivity index (χ1) is 9.24. The second-order valence-electron chi connectivity index (χ2n) is 6.14. The van der Waals surface area contributed by atoms with Crippen LogP contribution < -0.4 is 11.1 Å². The molecule has 1 saturated heterocycles. The van der Waals surface area contributed by atoms with E-state index in [0.29, 0.717) is 12.0 Å². The van der Waals surface area contributed by atoms with Gasteiger partial charge in [-0.2, -0.15) is 0 Å². The molecule has 19 heavy (non-hydrogen) atoms. The molecule has 1 saturated carbocycles. The van der Waals surface area contributed by atoms with E-state index in [1.54, 1.807) is 0 Å². The Bertz CT molecular complexity index is 295. The molecule has 0 aromatic heterocycles. The van der Waals surface area contributed by atoms with Gasteiger partial charge in [0.1, 0.15) is 0 Å². The van der Waals surface area contributed by atoms with Crippen molar-refractivity contribution in [1.82, 2.24) is 10.2 Å². The lowest BCUT2D eigenvalue weighted by molar-refractivity contribution is -0.126. The molecular formula is C15H29N3O. The number of likely N-dealkylation sites (tertiary alicyclic amines) is 1. The molecule has 110 valence electrons. The van der Waals surface area contributed by atoms with Gasteiger partial charge in [0.2, 0.25) is 5.91 Å². The summed E-state index contributed by atoms with van der Waals surface area (Å²) in [5.74, 6) is 1.03. The molecule has 0 spiro atoms. The van der Waals surface area contributed by atoms with Crippen LogP contribution in [-0.2, 0) is 4.79 Å². The predicted octanol–water partition coefficient (Wildman–Crippen LogP) is 1.35. The van der Waals surface area contributed by atoms with Crippen molar-refractivity contribution >= 4 is 5.91 Å². The van der Waals surface area contributed by atoms with Crippen molar-refractivity contribution in [1.29, 1.82) is 0 Å². The average Bonchev–Trinajstić information content (AvgIpc) is 2.92. The normalized spacial score (nSPS) is 32.4. The van der Waals surface area contributed by atoms with Crippen molar-refractivity contribution in [2.45, 2.75) is 51.5 Å². The Labute approximate surface area is 117 Å². The Hall–Kier alpha value is -0.610. The number of rotatable bonds is 5. The van der Waals surface area contributed by atoms with Crippen molar-refractivity contribution < 1.29 is 4.79 Å². The molecule has 2 rings (SSSR count). The van der Waals surface area contributed by atoms with E-state index < -0.39 is 0 Å². The van der Waals surface area contributed by atoms with Crippen molar-refractivity contribution in [3.63, 3.8) is 0 Å². The standard InChI is InChI=1S/C15H29N3O/c1-2-18-8-4-7-14(18)11-17-15(19)13-6-3-5-12(9-13)10-16/h12-14H,2-11,16H2,1H3,(H,17,19). The lowest BCUT2D eigenvalue weighted by atomic mass is 9.81. The van der Waals surface area contributed by atoms with Gasteiger partial charge in [-0.15, -0.1) is 0 Å². The lowest BCUT2D eigenvalue weighted by Crippen LogP contribution is -2.43. The van der Waals surface area contributed by atoms with Gasteiger partial charge < -0.3 is 11.1 Å². The maximum atomic E-state index is 12.2. The summed E-state index contributed by atoms with van der Waals surface area (Å²) < 4.78 is 0. The van der Waals surface area contributed by atoms with Gasteiger partial charge in [0.25, 0.3) is 0 Å². The molecule has 3 N–H and O–H groups in total. The lowest BCUT2D eigenvalue weighted by Gasteiger charge is -2.29. The second-order valence-corrected chi connectivity index (χ2v) is 6.14. The summed E-state index contributed by atoms with van der Waals surface area (Å²) in [4.78, 5) is 14.7. The summed E-state index contributed by atoms with van der Waals surface area (Å²) in [5.41, 5.74) is 5.74. The third-order valence-corrected chi connectivity index (χ3v) is 4.90. The van der Waals surface area contributed by atoms with Gasteiger partial charge in [-0.3, -0.25) is 9.69 Å². The molecule has 4 heteroatoms. The molecule has 3 atom stereocenters. The van der Waals surface area contributed by atoms with Crippen LogP contribution in [0.25, 0.3) is 0 Å². The third-order valence-electron chi connectivity index (χ3n) is 4.90. The number of nitrogens with zero attached hydrogens (tertiary/aromatic N) is 1. The molecule has 2 fully saturated rings. The fourth-order valence-electron chi connectivity index (χ4n) is 3.65. The van der Waals surface area contributed by atoms with Gasteiger partial charge in [0.15, 0.2) is 0 Å². The Kier molecular flexibility index (Phi) is 5.64. The zero-order valence-electron chi connectivity index (χ0n) is 12.2. The first kappa shape index (κ1) is 14.8. The summed E-state index contributed by atoms with van der Waals surface area (Å²) >= 11 is 0. The summed E-state index contributed by atoms with van der Waals surface area (Å²) in [6, 6.07) is 0.558. The molecule has 1 aliphatic carbocycles. The Morgan fingerprint density at radius 3 is 2.89 bits per heavy atom. The highest BCUT2D eigenvalue weighted by Crippen LogP contribution is 2.28. The number of nitrogens with two attached hydrogens (primary N) is 1. The molecule has 0 radical (unpaired) electrons.